The van der Waals surface area contributed by atoms with E-state index >= 15 is 0 Å². The second-order valence-electron chi connectivity index (χ2n) is 5.03. The lowest BCUT2D eigenvalue weighted by atomic mass is 9.99. The number of hydrogen-bond donors (Lipinski definition) is 3. The van der Waals surface area contributed by atoms with Crippen molar-refractivity contribution in [3.8, 4) is 0 Å². The van der Waals surface area contributed by atoms with Gasteiger partial charge < -0.3 is 0 Å². The quantitative estimate of drug-likeness (QED) is 0.595. The maximum absolute atomic E-state index is 3.44. The van der Waals surface area contributed by atoms with E-state index in [0.717, 1.165) is 11.9 Å². The SMILES string of the molecule is CCCCC(CC(C)C1NCNN1)SCCC. The first-order chi connectivity index (χ1) is 8.27. The molecule has 102 valence electrons. The van der Waals surface area contributed by atoms with Gasteiger partial charge in [-0.3, -0.25) is 5.32 Å². The van der Waals surface area contributed by atoms with Crippen molar-refractivity contribution < 1.29 is 0 Å². The van der Waals surface area contributed by atoms with Gasteiger partial charge in [0.15, 0.2) is 0 Å². The van der Waals surface area contributed by atoms with E-state index < -0.39 is 0 Å². The molecule has 0 aromatic carbocycles. The Labute approximate surface area is 111 Å². The lowest BCUT2D eigenvalue weighted by Gasteiger charge is -2.24. The molecule has 1 saturated heterocycles. The molecule has 0 aromatic heterocycles. The molecule has 0 spiro atoms. The molecule has 1 aliphatic rings. The summed E-state index contributed by atoms with van der Waals surface area (Å²) in [6, 6.07) is 0. The summed E-state index contributed by atoms with van der Waals surface area (Å²) in [5, 5.41) is 4.28. The van der Waals surface area contributed by atoms with Crippen LogP contribution in [0.15, 0.2) is 0 Å². The zero-order chi connectivity index (χ0) is 12.5. The van der Waals surface area contributed by atoms with Crippen LogP contribution < -0.4 is 16.2 Å². The number of rotatable bonds is 9. The summed E-state index contributed by atoms with van der Waals surface area (Å²) in [6.45, 7) is 7.80. The Morgan fingerprint density at radius 2 is 2.12 bits per heavy atom. The first kappa shape index (κ1) is 15.3. The van der Waals surface area contributed by atoms with E-state index in [1.54, 1.807) is 0 Å². The van der Waals surface area contributed by atoms with Gasteiger partial charge in [-0.1, -0.05) is 33.6 Å². The Morgan fingerprint density at radius 1 is 1.29 bits per heavy atom. The molecule has 3 unspecified atom stereocenters. The Morgan fingerprint density at radius 3 is 2.71 bits per heavy atom. The van der Waals surface area contributed by atoms with E-state index in [1.165, 1.54) is 37.9 Å². The van der Waals surface area contributed by atoms with Gasteiger partial charge in [0.1, 0.15) is 0 Å². The molecule has 1 aliphatic heterocycles. The van der Waals surface area contributed by atoms with E-state index in [4.69, 9.17) is 0 Å². The lowest BCUT2D eigenvalue weighted by molar-refractivity contribution is 0.349. The summed E-state index contributed by atoms with van der Waals surface area (Å²) >= 11 is 2.17. The summed E-state index contributed by atoms with van der Waals surface area (Å²) in [5.74, 6) is 2.00. The van der Waals surface area contributed by atoms with Crippen LogP contribution in [-0.4, -0.2) is 23.8 Å². The highest BCUT2D eigenvalue weighted by Crippen LogP contribution is 2.26. The van der Waals surface area contributed by atoms with Gasteiger partial charge in [0.05, 0.1) is 12.8 Å². The first-order valence-corrected chi connectivity index (χ1v) is 8.16. The van der Waals surface area contributed by atoms with E-state index in [-0.39, 0.29) is 0 Å². The van der Waals surface area contributed by atoms with Gasteiger partial charge in [0, 0.05) is 5.25 Å². The minimum atomic E-state index is 0.446. The van der Waals surface area contributed by atoms with Gasteiger partial charge >= 0.3 is 0 Å². The number of thioether (sulfide) groups is 1. The van der Waals surface area contributed by atoms with Crippen molar-refractivity contribution in [2.24, 2.45) is 5.92 Å². The molecule has 0 saturated carbocycles. The van der Waals surface area contributed by atoms with Crippen LogP contribution in [0.2, 0.25) is 0 Å². The van der Waals surface area contributed by atoms with Crippen LogP contribution in [0.25, 0.3) is 0 Å². The molecule has 1 fully saturated rings. The van der Waals surface area contributed by atoms with Crippen LogP contribution in [-0.2, 0) is 0 Å². The van der Waals surface area contributed by atoms with Crippen molar-refractivity contribution in [1.82, 2.24) is 16.2 Å². The van der Waals surface area contributed by atoms with Crippen LogP contribution in [0.4, 0.5) is 0 Å². The largest absolute Gasteiger partial charge is 0.287 e. The monoisotopic (exact) mass is 259 g/mol. The molecule has 0 aromatic rings. The fraction of sp³-hybridized carbons (Fsp3) is 1.00. The summed E-state index contributed by atoms with van der Waals surface area (Å²) < 4.78 is 0. The van der Waals surface area contributed by atoms with Crippen LogP contribution in [0, 0.1) is 5.92 Å². The average Bonchev–Trinajstić information content (AvgIpc) is 2.86. The summed E-state index contributed by atoms with van der Waals surface area (Å²) in [7, 11) is 0. The fourth-order valence-corrected chi connectivity index (χ4v) is 3.59. The van der Waals surface area contributed by atoms with Crippen LogP contribution in [0.5, 0.6) is 0 Å². The van der Waals surface area contributed by atoms with Crippen molar-refractivity contribution in [3.63, 3.8) is 0 Å². The molecule has 0 bridgehead atoms. The van der Waals surface area contributed by atoms with Gasteiger partial charge in [-0.05, 0) is 30.9 Å². The van der Waals surface area contributed by atoms with Crippen LogP contribution in [0.1, 0.15) is 52.9 Å². The van der Waals surface area contributed by atoms with E-state index in [9.17, 15) is 0 Å². The number of hydrogen-bond acceptors (Lipinski definition) is 4. The Hall–Kier alpha value is 0.230. The van der Waals surface area contributed by atoms with E-state index in [0.29, 0.717) is 12.1 Å². The number of hydrazine groups is 1. The molecule has 4 heteroatoms. The van der Waals surface area contributed by atoms with Gasteiger partial charge in [-0.2, -0.15) is 11.8 Å². The molecule has 0 aliphatic carbocycles. The number of nitrogens with one attached hydrogen (secondary N) is 3. The van der Waals surface area contributed by atoms with Crippen molar-refractivity contribution in [3.05, 3.63) is 0 Å². The maximum atomic E-state index is 3.44. The molecule has 3 nitrogen and oxygen atoms in total. The second kappa shape index (κ2) is 9.20. The lowest BCUT2D eigenvalue weighted by Crippen LogP contribution is -2.40. The summed E-state index contributed by atoms with van der Waals surface area (Å²) in [6.07, 6.45) is 7.13. The molecular weight excluding hydrogens is 230 g/mol. The fourth-order valence-electron chi connectivity index (χ4n) is 2.25. The molecular formula is C13H29N3S. The second-order valence-corrected chi connectivity index (χ2v) is 6.44. The smallest absolute Gasteiger partial charge is 0.0740 e. The standard InChI is InChI=1S/C13H29N3S/c1-4-6-7-12(17-8-5-2)9-11(3)13-14-10-15-16-13/h11-16H,4-10H2,1-3H3. The summed E-state index contributed by atoms with van der Waals surface area (Å²) in [5.41, 5.74) is 6.45. The summed E-state index contributed by atoms with van der Waals surface area (Å²) in [4.78, 5) is 0. The highest BCUT2D eigenvalue weighted by Gasteiger charge is 2.23. The van der Waals surface area contributed by atoms with Crippen molar-refractivity contribution in [1.29, 1.82) is 0 Å². The normalized spacial score (nSPS) is 23.8. The predicted octanol–water partition coefficient (Wildman–Crippen LogP) is 2.70. The van der Waals surface area contributed by atoms with Crippen LogP contribution in [0.3, 0.4) is 0 Å². The minimum absolute atomic E-state index is 0.446. The first-order valence-electron chi connectivity index (χ1n) is 7.11. The molecule has 3 atom stereocenters. The number of unbranched alkanes of at least 4 members (excludes halogenated alkanes) is 1. The Balaban J connectivity index is 2.28. The van der Waals surface area contributed by atoms with Crippen molar-refractivity contribution >= 4 is 11.8 Å². The topological polar surface area (TPSA) is 36.1 Å². The molecule has 0 radical (unpaired) electrons. The molecule has 3 N–H and O–H groups in total. The predicted molar refractivity (Wildman–Crippen MR) is 77.9 cm³/mol. The molecule has 1 heterocycles. The Bertz CT molecular complexity index is 176. The highest BCUT2D eigenvalue weighted by molar-refractivity contribution is 7.99. The van der Waals surface area contributed by atoms with Gasteiger partial charge in [-0.25, -0.2) is 10.9 Å². The third-order valence-electron chi connectivity index (χ3n) is 3.31. The Kier molecular flexibility index (Phi) is 8.27. The maximum Gasteiger partial charge on any atom is 0.0740 e. The van der Waals surface area contributed by atoms with Gasteiger partial charge in [-0.15, -0.1) is 0 Å². The minimum Gasteiger partial charge on any atom is -0.287 e. The average molecular weight is 259 g/mol. The van der Waals surface area contributed by atoms with E-state index in [1.807, 2.05) is 0 Å². The van der Waals surface area contributed by atoms with Crippen molar-refractivity contribution in [2.75, 3.05) is 12.4 Å². The highest BCUT2D eigenvalue weighted by atomic mass is 32.2. The molecule has 1 rings (SSSR count). The molecule has 17 heavy (non-hydrogen) atoms. The zero-order valence-electron chi connectivity index (χ0n) is 11.6. The van der Waals surface area contributed by atoms with Gasteiger partial charge in [0.2, 0.25) is 0 Å². The van der Waals surface area contributed by atoms with Crippen LogP contribution >= 0.6 is 11.8 Å². The zero-order valence-corrected chi connectivity index (χ0v) is 12.4. The van der Waals surface area contributed by atoms with E-state index in [2.05, 4.69) is 48.7 Å². The molecule has 0 amide bonds. The van der Waals surface area contributed by atoms with Crippen molar-refractivity contribution in [2.45, 2.75) is 64.3 Å². The third-order valence-corrected chi connectivity index (χ3v) is 4.85. The van der Waals surface area contributed by atoms with Gasteiger partial charge in [0.25, 0.3) is 0 Å². The third kappa shape index (κ3) is 6.09.